The number of hydrogen-bond donors (Lipinski definition) is 1. The van der Waals surface area contributed by atoms with Crippen LogP contribution in [0.1, 0.15) is 78.1 Å². The lowest BCUT2D eigenvalue weighted by atomic mass is 9.96. The topological polar surface area (TPSA) is 0 Å². The summed E-state index contributed by atoms with van der Waals surface area (Å²) in [4.78, 5) is 0. The fourth-order valence-electron chi connectivity index (χ4n) is 2.13. The number of thiol groups is 1. The van der Waals surface area contributed by atoms with E-state index in [1.54, 1.807) is 0 Å². The van der Waals surface area contributed by atoms with Gasteiger partial charge in [-0.15, -0.1) is 0 Å². The minimum Gasteiger partial charge on any atom is -0.179 e. The second-order valence-corrected chi connectivity index (χ2v) is 5.12. The van der Waals surface area contributed by atoms with E-state index >= 15 is 0 Å². The van der Waals surface area contributed by atoms with Crippen LogP contribution >= 0.6 is 12.6 Å². The van der Waals surface area contributed by atoms with Crippen molar-refractivity contribution in [1.82, 2.24) is 0 Å². The van der Waals surface area contributed by atoms with Crippen LogP contribution < -0.4 is 0 Å². The van der Waals surface area contributed by atoms with Crippen LogP contribution in [0.4, 0.5) is 0 Å². The van der Waals surface area contributed by atoms with Gasteiger partial charge in [0.25, 0.3) is 0 Å². The van der Waals surface area contributed by atoms with Crippen molar-refractivity contribution in [3.63, 3.8) is 0 Å². The average Bonchev–Trinajstić information content (AvgIpc) is 2.27. The van der Waals surface area contributed by atoms with Gasteiger partial charge in [0.05, 0.1) is 0 Å². The van der Waals surface area contributed by atoms with Crippen molar-refractivity contribution >= 4 is 12.6 Å². The van der Waals surface area contributed by atoms with Gasteiger partial charge >= 0.3 is 0 Å². The van der Waals surface area contributed by atoms with E-state index in [0.29, 0.717) is 0 Å². The lowest BCUT2D eigenvalue weighted by molar-refractivity contribution is 0.426. The maximum Gasteiger partial charge on any atom is -0.00979 e. The Kier molecular flexibility index (Phi) is 12.7. The molecule has 0 bridgehead atoms. The summed E-state index contributed by atoms with van der Waals surface area (Å²) in [5.41, 5.74) is 0. The molecule has 0 unspecified atom stereocenters. The molecular weight excluding hydrogens is 200 g/mol. The molecule has 0 radical (unpaired) electrons. The van der Waals surface area contributed by atoms with Gasteiger partial charge in [-0.2, -0.15) is 12.6 Å². The molecule has 0 atom stereocenters. The molecule has 1 heteroatoms. The molecule has 0 fully saturated rings. The first kappa shape index (κ1) is 15.3. The Bertz CT molecular complexity index is 108. The van der Waals surface area contributed by atoms with Crippen LogP contribution in [0.2, 0.25) is 0 Å². The van der Waals surface area contributed by atoms with Crippen LogP contribution in [0.3, 0.4) is 0 Å². The van der Waals surface area contributed by atoms with Gasteiger partial charge in [-0.05, 0) is 18.1 Å². The van der Waals surface area contributed by atoms with Crippen molar-refractivity contribution in [3.05, 3.63) is 0 Å². The summed E-state index contributed by atoms with van der Waals surface area (Å²) < 4.78 is 0. The fraction of sp³-hybridized carbons (Fsp3) is 1.00. The minimum absolute atomic E-state index is 0.995. The first-order valence-electron chi connectivity index (χ1n) is 6.96. The first-order valence-corrected chi connectivity index (χ1v) is 7.59. The maximum absolute atomic E-state index is 4.22. The molecule has 0 aliphatic carbocycles. The standard InChI is InChI=1S/C14H30S/c1-3-14(4-2)12-10-8-6-5-7-9-11-13-15/h14-15H,3-13H2,1-2H3. The molecule has 0 aromatic heterocycles. The summed E-state index contributed by atoms with van der Waals surface area (Å²) in [6.07, 6.45) is 14.1. The van der Waals surface area contributed by atoms with Crippen LogP contribution in [-0.2, 0) is 0 Å². The highest BCUT2D eigenvalue weighted by Crippen LogP contribution is 2.17. The summed E-state index contributed by atoms with van der Waals surface area (Å²) >= 11 is 4.22. The zero-order valence-corrected chi connectivity index (χ0v) is 11.7. The predicted molar refractivity (Wildman–Crippen MR) is 74.9 cm³/mol. The van der Waals surface area contributed by atoms with Crippen LogP contribution in [-0.4, -0.2) is 5.75 Å². The molecule has 0 spiro atoms. The third kappa shape index (κ3) is 10.6. The van der Waals surface area contributed by atoms with Gasteiger partial charge in [-0.1, -0.05) is 71.6 Å². The van der Waals surface area contributed by atoms with Crippen molar-refractivity contribution in [2.75, 3.05) is 5.75 Å². The monoisotopic (exact) mass is 230 g/mol. The highest BCUT2D eigenvalue weighted by Gasteiger charge is 2.01. The molecule has 0 aliphatic rings. The molecule has 0 amide bonds. The molecule has 92 valence electrons. The Morgan fingerprint density at radius 1 is 0.733 bits per heavy atom. The van der Waals surface area contributed by atoms with E-state index < -0.39 is 0 Å². The van der Waals surface area contributed by atoms with Crippen molar-refractivity contribution in [2.24, 2.45) is 5.92 Å². The normalized spacial score (nSPS) is 11.2. The summed E-state index contributed by atoms with van der Waals surface area (Å²) in [6, 6.07) is 0. The van der Waals surface area contributed by atoms with Crippen LogP contribution in [0.15, 0.2) is 0 Å². The van der Waals surface area contributed by atoms with E-state index in [2.05, 4.69) is 26.5 Å². The van der Waals surface area contributed by atoms with E-state index in [1.807, 2.05) is 0 Å². The van der Waals surface area contributed by atoms with Crippen molar-refractivity contribution in [3.8, 4) is 0 Å². The molecule has 0 rings (SSSR count). The quantitative estimate of drug-likeness (QED) is 0.353. The van der Waals surface area contributed by atoms with E-state index in [4.69, 9.17) is 0 Å². The Morgan fingerprint density at radius 3 is 1.67 bits per heavy atom. The van der Waals surface area contributed by atoms with Gasteiger partial charge in [0.2, 0.25) is 0 Å². The van der Waals surface area contributed by atoms with Gasteiger partial charge in [0, 0.05) is 0 Å². The van der Waals surface area contributed by atoms with E-state index in [9.17, 15) is 0 Å². The van der Waals surface area contributed by atoms with Crippen molar-refractivity contribution in [1.29, 1.82) is 0 Å². The Balaban J connectivity index is 3.04. The van der Waals surface area contributed by atoms with Crippen molar-refractivity contribution < 1.29 is 0 Å². The fourth-order valence-corrected chi connectivity index (χ4v) is 2.35. The van der Waals surface area contributed by atoms with Crippen molar-refractivity contribution in [2.45, 2.75) is 78.1 Å². The van der Waals surface area contributed by atoms with Gasteiger partial charge in [-0.25, -0.2) is 0 Å². The molecule has 0 nitrogen and oxygen atoms in total. The SMILES string of the molecule is CCC(CC)CCCCCCCCCS. The van der Waals surface area contributed by atoms with E-state index in [1.165, 1.54) is 64.2 Å². The summed E-state index contributed by atoms with van der Waals surface area (Å²) in [7, 11) is 0. The third-order valence-electron chi connectivity index (χ3n) is 3.43. The largest absolute Gasteiger partial charge is 0.179 e. The highest BCUT2D eigenvalue weighted by atomic mass is 32.1. The molecular formula is C14H30S. The zero-order chi connectivity index (χ0) is 11.4. The average molecular weight is 230 g/mol. The number of unbranched alkanes of at least 4 members (excludes halogenated alkanes) is 6. The van der Waals surface area contributed by atoms with E-state index in [0.717, 1.165) is 11.7 Å². The van der Waals surface area contributed by atoms with Crippen LogP contribution in [0.25, 0.3) is 0 Å². The maximum atomic E-state index is 4.22. The predicted octanol–water partition coefficient (Wildman–Crippen LogP) is 5.47. The minimum atomic E-state index is 0.995. The Morgan fingerprint density at radius 2 is 1.20 bits per heavy atom. The zero-order valence-electron chi connectivity index (χ0n) is 10.8. The number of rotatable bonds is 11. The molecule has 0 aromatic rings. The summed E-state index contributed by atoms with van der Waals surface area (Å²) in [6.45, 7) is 4.65. The molecule has 0 saturated heterocycles. The molecule has 0 aromatic carbocycles. The van der Waals surface area contributed by atoms with E-state index in [-0.39, 0.29) is 0 Å². The Labute approximate surface area is 103 Å². The second kappa shape index (κ2) is 12.4. The smallest absolute Gasteiger partial charge is 0.00979 e. The summed E-state index contributed by atoms with van der Waals surface area (Å²) in [5.74, 6) is 2.06. The Hall–Kier alpha value is 0.350. The molecule has 0 heterocycles. The molecule has 0 N–H and O–H groups in total. The van der Waals surface area contributed by atoms with Gasteiger partial charge in [0.15, 0.2) is 0 Å². The van der Waals surface area contributed by atoms with Crippen LogP contribution in [0, 0.1) is 5.92 Å². The van der Waals surface area contributed by atoms with Gasteiger partial charge < -0.3 is 0 Å². The van der Waals surface area contributed by atoms with Gasteiger partial charge in [0.1, 0.15) is 0 Å². The number of hydrogen-bond acceptors (Lipinski definition) is 1. The first-order chi connectivity index (χ1) is 7.35. The molecule has 0 aliphatic heterocycles. The lowest BCUT2D eigenvalue weighted by Gasteiger charge is -2.11. The molecule has 0 saturated carbocycles. The van der Waals surface area contributed by atoms with Gasteiger partial charge in [-0.3, -0.25) is 0 Å². The second-order valence-electron chi connectivity index (χ2n) is 4.67. The molecule has 15 heavy (non-hydrogen) atoms. The van der Waals surface area contributed by atoms with Crippen LogP contribution in [0.5, 0.6) is 0 Å². The lowest BCUT2D eigenvalue weighted by Crippen LogP contribution is -1.96. The highest BCUT2D eigenvalue weighted by molar-refractivity contribution is 7.80. The summed E-state index contributed by atoms with van der Waals surface area (Å²) in [5, 5.41) is 0. The third-order valence-corrected chi connectivity index (χ3v) is 3.74.